The van der Waals surface area contributed by atoms with Crippen LogP contribution in [0.4, 0.5) is 0 Å². The van der Waals surface area contributed by atoms with Crippen molar-refractivity contribution in [2.24, 2.45) is 0 Å². The summed E-state index contributed by atoms with van der Waals surface area (Å²) in [4.78, 5) is 24.2. The van der Waals surface area contributed by atoms with Gasteiger partial charge in [0.25, 0.3) is 0 Å². The molecule has 6 nitrogen and oxygen atoms in total. The maximum absolute atomic E-state index is 6.41. The average molecular weight is 580 g/mol. The molecule has 0 bridgehead atoms. The predicted molar refractivity (Wildman–Crippen MR) is 178 cm³/mol. The van der Waals surface area contributed by atoms with Crippen molar-refractivity contribution in [2.45, 2.75) is 0 Å². The molecule has 3 aromatic heterocycles. The van der Waals surface area contributed by atoms with E-state index in [4.69, 9.17) is 24.4 Å². The number of benzene rings is 5. The second-order valence-corrected chi connectivity index (χ2v) is 10.6. The van der Waals surface area contributed by atoms with Crippen molar-refractivity contribution in [3.8, 4) is 67.9 Å². The Hall–Kier alpha value is -6.27. The normalized spacial score (nSPS) is 11.1. The van der Waals surface area contributed by atoms with E-state index in [0.717, 1.165) is 50.0 Å². The number of fused-ring (bicyclic) bond motifs is 1. The fourth-order valence-corrected chi connectivity index (χ4v) is 5.49. The number of pyridine rings is 1. The van der Waals surface area contributed by atoms with Gasteiger partial charge in [0.2, 0.25) is 5.89 Å². The van der Waals surface area contributed by atoms with E-state index >= 15 is 0 Å². The van der Waals surface area contributed by atoms with Crippen LogP contribution in [0.1, 0.15) is 0 Å². The Labute approximate surface area is 259 Å². The molecule has 212 valence electrons. The Morgan fingerprint density at radius 3 is 1.58 bits per heavy atom. The van der Waals surface area contributed by atoms with E-state index in [0.29, 0.717) is 28.9 Å². The third-order valence-electron chi connectivity index (χ3n) is 7.67. The second-order valence-electron chi connectivity index (χ2n) is 10.6. The highest BCUT2D eigenvalue weighted by atomic mass is 16.3. The molecule has 3 heterocycles. The molecule has 0 atom stereocenters. The number of hydrogen-bond acceptors (Lipinski definition) is 6. The molecular weight excluding hydrogens is 554 g/mol. The summed E-state index contributed by atoms with van der Waals surface area (Å²) >= 11 is 0. The number of hydrogen-bond donors (Lipinski definition) is 0. The topological polar surface area (TPSA) is 77.6 Å². The first-order valence-electron chi connectivity index (χ1n) is 14.7. The van der Waals surface area contributed by atoms with Gasteiger partial charge in [-0.3, -0.25) is 4.98 Å². The summed E-state index contributed by atoms with van der Waals surface area (Å²) in [5, 5.41) is 0. The molecule has 0 fully saturated rings. The fourth-order valence-electron chi connectivity index (χ4n) is 5.49. The summed E-state index contributed by atoms with van der Waals surface area (Å²) in [6.07, 6.45) is 3.62. The lowest BCUT2D eigenvalue weighted by Crippen LogP contribution is -2.01. The number of rotatable bonds is 6. The van der Waals surface area contributed by atoms with Crippen molar-refractivity contribution in [1.29, 1.82) is 0 Å². The highest BCUT2D eigenvalue weighted by molar-refractivity contribution is 5.97. The maximum Gasteiger partial charge on any atom is 0.227 e. The molecule has 0 radical (unpaired) electrons. The van der Waals surface area contributed by atoms with Gasteiger partial charge in [0, 0.05) is 45.8 Å². The van der Waals surface area contributed by atoms with Crippen LogP contribution in [0.15, 0.2) is 156 Å². The third-order valence-corrected chi connectivity index (χ3v) is 7.67. The molecule has 0 aliphatic carbocycles. The van der Waals surface area contributed by atoms with Gasteiger partial charge in [-0.1, -0.05) is 109 Å². The van der Waals surface area contributed by atoms with Gasteiger partial charge in [-0.05, 0) is 41.5 Å². The minimum absolute atomic E-state index is 0.568. The average Bonchev–Trinajstić information content (AvgIpc) is 3.57. The smallest absolute Gasteiger partial charge is 0.227 e. The van der Waals surface area contributed by atoms with Crippen LogP contribution in [0.3, 0.4) is 0 Å². The van der Waals surface area contributed by atoms with E-state index in [9.17, 15) is 0 Å². The summed E-state index contributed by atoms with van der Waals surface area (Å²) < 4.78 is 6.41. The van der Waals surface area contributed by atoms with Crippen LogP contribution in [0, 0.1) is 0 Å². The number of oxazole rings is 1. The summed E-state index contributed by atoms with van der Waals surface area (Å²) in [5.74, 6) is 2.38. The molecule has 6 heteroatoms. The van der Waals surface area contributed by atoms with Crippen molar-refractivity contribution >= 4 is 11.1 Å². The van der Waals surface area contributed by atoms with Crippen LogP contribution in [0.2, 0.25) is 0 Å². The molecule has 0 aliphatic rings. The molecule has 0 spiro atoms. The van der Waals surface area contributed by atoms with Crippen LogP contribution in [0.5, 0.6) is 0 Å². The third kappa shape index (κ3) is 5.15. The zero-order chi connectivity index (χ0) is 30.0. The highest BCUT2D eigenvalue weighted by Gasteiger charge is 2.19. The Morgan fingerprint density at radius 2 is 0.956 bits per heavy atom. The van der Waals surface area contributed by atoms with Gasteiger partial charge < -0.3 is 4.42 Å². The zero-order valence-corrected chi connectivity index (χ0v) is 24.1. The van der Waals surface area contributed by atoms with Gasteiger partial charge in [-0.2, -0.15) is 0 Å². The van der Waals surface area contributed by atoms with Gasteiger partial charge in [-0.25, -0.2) is 19.9 Å². The van der Waals surface area contributed by atoms with Crippen LogP contribution in [0.25, 0.3) is 79.0 Å². The van der Waals surface area contributed by atoms with Gasteiger partial charge in [0.1, 0.15) is 5.52 Å². The van der Waals surface area contributed by atoms with E-state index in [1.54, 1.807) is 6.20 Å². The van der Waals surface area contributed by atoms with E-state index in [2.05, 4.69) is 23.2 Å². The Bertz CT molecular complexity index is 2190. The van der Waals surface area contributed by atoms with Gasteiger partial charge in [0.15, 0.2) is 23.1 Å². The second kappa shape index (κ2) is 11.4. The quantitative estimate of drug-likeness (QED) is 0.195. The largest absolute Gasteiger partial charge is 0.436 e. The molecular formula is C39H25N5O. The van der Waals surface area contributed by atoms with Crippen molar-refractivity contribution in [2.75, 3.05) is 0 Å². The highest BCUT2D eigenvalue weighted by Crippen LogP contribution is 2.39. The molecule has 45 heavy (non-hydrogen) atoms. The first kappa shape index (κ1) is 26.4. The lowest BCUT2D eigenvalue weighted by Gasteiger charge is -2.13. The first-order chi connectivity index (χ1) is 22.3. The molecule has 0 saturated heterocycles. The first-order valence-corrected chi connectivity index (χ1v) is 14.7. The van der Waals surface area contributed by atoms with Crippen LogP contribution < -0.4 is 0 Å². The number of nitrogens with zero attached hydrogens (tertiary/aromatic N) is 5. The Morgan fingerprint density at radius 1 is 0.400 bits per heavy atom. The van der Waals surface area contributed by atoms with Crippen molar-refractivity contribution < 1.29 is 4.42 Å². The van der Waals surface area contributed by atoms with Crippen molar-refractivity contribution in [1.82, 2.24) is 24.9 Å². The SMILES string of the molecule is c1ccc(-c2nc(-c3ccccc3)nc(-c3ccccc3-c3cc(-c4cccnc4)c4nc(-c5ccccc5)oc4c3)n2)cc1. The van der Waals surface area contributed by atoms with Crippen molar-refractivity contribution in [3.05, 3.63) is 152 Å². The van der Waals surface area contributed by atoms with E-state index in [1.165, 1.54) is 0 Å². The van der Waals surface area contributed by atoms with Crippen LogP contribution in [-0.2, 0) is 0 Å². The monoisotopic (exact) mass is 579 g/mol. The lowest BCUT2D eigenvalue weighted by atomic mass is 9.95. The molecule has 8 aromatic rings. The van der Waals surface area contributed by atoms with Gasteiger partial charge in [-0.15, -0.1) is 0 Å². The molecule has 5 aromatic carbocycles. The molecule has 8 rings (SSSR count). The molecule has 0 saturated carbocycles. The molecule has 0 N–H and O–H groups in total. The number of aromatic nitrogens is 5. The summed E-state index contributed by atoms with van der Waals surface area (Å²) in [6, 6.07) is 46.3. The minimum Gasteiger partial charge on any atom is -0.436 e. The fraction of sp³-hybridized carbons (Fsp3) is 0. The van der Waals surface area contributed by atoms with Crippen LogP contribution in [-0.4, -0.2) is 24.9 Å². The van der Waals surface area contributed by atoms with E-state index in [-0.39, 0.29) is 0 Å². The molecule has 0 amide bonds. The van der Waals surface area contributed by atoms with Crippen molar-refractivity contribution in [3.63, 3.8) is 0 Å². The standard InChI is InChI=1S/C39H25N5O/c1-4-13-26(14-5-1)36-42-37(27-15-6-2-7-16-27)44-38(43-36)32-21-11-10-20-31(32)30-23-33(29-19-12-22-40-25-29)35-34(24-30)45-39(41-35)28-17-8-3-9-18-28/h1-25H. The lowest BCUT2D eigenvalue weighted by molar-refractivity contribution is 0.620. The van der Waals surface area contributed by atoms with E-state index < -0.39 is 0 Å². The van der Waals surface area contributed by atoms with Crippen LogP contribution >= 0.6 is 0 Å². The van der Waals surface area contributed by atoms with E-state index in [1.807, 2.05) is 128 Å². The van der Waals surface area contributed by atoms with Gasteiger partial charge in [0.05, 0.1) is 0 Å². The molecule has 0 aliphatic heterocycles. The molecule has 0 unspecified atom stereocenters. The zero-order valence-electron chi connectivity index (χ0n) is 24.1. The summed E-state index contributed by atoms with van der Waals surface area (Å²) in [6.45, 7) is 0. The Kier molecular flexibility index (Phi) is 6.70. The maximum atomic E-state index is 6.41. The minimum atomic E-state index is 0.568. The van der Waals surface area contributed by atoms with Gasteiger partial charge >= 0.3 is 0 Å². The summed E-state index contributed by atoms with van der Waals surface area (Å²) in [5.41, 5.74) is 8.91. The summed E-state index contributed by atoms with van der Waals surface area (Å²) in [7, 11) is 0. The predicted octanol–water partition coefficient (Wildman–Crippen LogP) is 9.41. The Balaban J connectivity index is 1.34.